The average molecular weight is 318 g/mol. The molecule has 1 aromatic carbocycles. The second-order valence-corrected chi connectivity index (χ2v) is 5.50. The van der Waals surface area contributed by atoms with E-state index in [1.807, 2.05) is 30.3 Å². The van der Waals surface area contributed by atoms with E-state index in [1.54, 1.807) is 6.92 Å². The molecule has 2 aromatic rings. The third-order valence-corrected chi connectivity index (χ3v) is 3.86. The molecule has 3 rings (SSSR count). The molecule has 0 unspecified atom stereocenters. The summed E-state index contributed by atoms with van der Waals surface area (Å²) in [5.74, 6) is 0. The highest BCUT2D eigenvalue weighted by Gasteiger charge is 2.43. The maximum Gasteiger partial charge on any atom is 0.330 e. The molecule has 1 fully saturated rings. The summed E-state index contributed by atoms with van der Waals surface area (Å²) < 4.78 is 12.7. The van der Waals surface area contributed by atoms with E-state index in [4.69, 9.17) is 9.47 Å². The molecule has 0 bridgehead atoms. The first-order chi connectivity index (χ1) is 11.1. The highest BCUT2D eigenvalue weighted by molar-refractivity contribution is 5.13. The van der Waals surface area contributed by atoms with Crippen molar-refractivity contribution in [3.05, 3.63) is 69.0 Å². The number of nitrogens with zero attached hydrogens (tertiary/aromatic N) is 1. The van der Waals surface area contributed by atoms with Crippen molar-refractivity contribution in [3.8, 4) is 0 Å². The number of aromatic amines is 1. The maximum atomic E-state index is 12.0. The molecule has 0 spiro atoms. The van der Waals surface area contributed by atoms with Crippen LogP contribution in [-0.2, 0) is 16.1 Å². The molecule has 2 N–H and O–H groups in total. The number of nitrogens with one attached hydrogen (secondary N) is 1. The molecule has 0 saturated carbocycles. The van der Waals surface area contributed by atoms with Gasteiger partial charge in [-0.1, -0.05) is 30.3 Å². The van der Waals surface area contributed by atoms with Gasteiger partial charge in [-0.05, 0) is 12.5 Å². The van der Waals surface area contributed by atoms with Crippen molar-refractivity contribution >= 4 is 0 Å². The maximum absolute atomic E-state index is 12.0. The summed E-state index contributed by atoms with van der Waals surface area (Å²) in [6, 6.07) is 10.7. The number of aliphatic hydroxyl groups is 1. The molecule has 1 saturated heterocycles. The Balaban J connectivity index is 1.83. The van der Waals surface area contributed by atoms with Crippen LogP contribution in [0.3, 0.4) is 0 Å². The largest absolute Gasteiger partial charge is 0.388 e. The predicted octanol–water partition coefficient (Wildman–Crippen LogP) is 0.400. The number of aromatic nitrogens is 2. The van der Waals surface area contributed by atoms with Crippen molar-refractivity contribution in [2.75, 3.05) is 0 Å². The van der Waals surface area contributed by atoms with E-state index < -0.39 is 35.8 Å². The molecule has 1 aliphatic rings. The highest BCUT2D eigenvalue weighted by Crippen LogP contribution is 2.31. The molecule has 0 aliphatic carbocycles. The third-order valence-electron chi connectivity index (χ3n) is 3.86. The van der Waals surface area contributed by atoms with Gasteiger partial charge in [0, 0.05) is 12.3 Å². The van der Waals surface area contributed by atoms with Crippen LogP contribution in [0, 0.1) is 0 Å². The van der Waals surface area contributed by atoms with Gasteiger partial charge in [-0.15, -0.1) is 0 Å². The second kappa shape index (κ2) is 6.49. The number of aliphatic hydroxyl groups excluding tert-OH is 1. The molecular formula is C16H18N2O5. The summed E-state index contributed by atoms with van der Waals surface area (Å²) in [4.78, 5) is 25.3. The van der Waals surface area contributed by atoms with E-state index in [0.29, 0.717) is 0 Å². The van der Waals surface area contributed by atoms with Gasteiger partial charge in [-0.2, -0.15) is 0 Å². The zero-order valence-corrected chi connectivity index (χ0v) is 12.6. The Kier molecular flexibility index (Phi) is 4.42. The first kappa shape index (κ1) is 15.7. The van der Waals surface area contributed by atoms with Crippen LogP contribution in [-0.4, -0.2) is 33.0 Å². The van der Waals surface area contributed by atoms with Crippen LogP contribution >= 0.6 is 0 Å². The van der Waals surface area contributed by atoms with Crippen LogP contribution in [0.15, 0.2) is 52.2 Å². The number of hydrogen-bond acceptors (Lipinski definition) is 5. The van der Waals surface area contributed by atoms with E-state index in [1.165, 1.54) is 16.8 Å². The molecule has 1 aliphatic heterocycles. The Labute approximate surface area is 132 Å². The van der Waals surface area contributed by atoms with Crippen LogP contribution in [0.4, 0.5) is 0 Å². The molecule has 1 aromatic heterocycles. The van der Waals surface area contributed by atoms with Crippen LogP contribution in [0.2, 0.25) is 0 Å². The number of rotatable bonds is 4. The summed E-state index contributed by atoms with van der Waals surface area (Å²) in [5, 5.41) is 10.3. The SMILES string of the molecule is C[C@H]1O[C@@H](n2ccc(=O)[nH]c2=O)[C@H](OCc2ccccc2)[C@@H]1O. The van der Waals surface area contributed by atoms with Crippen molar-refractivity contribution in [1.82, 2.24) is 9.55 Å². The molecule has 4 atom stereocenters. The molecular weight excluding hydrogens is 300 g/mol. The lowest BCUT2D eigenvalue weighted by Crippen LogP contribution is -2.38. The first-order valence-electron chi connectivity index (χ1n) is 7.37. The smallest absolute Gasteiger partial charge is 0.330 e. The van der Waals surface area contributed by atoms with E-state index in [0.717, 1.165) is 5.56 Å². The van der Waals surface area contributed by atoms with Crippen molar-refractivity contribution in [2.24, 2.45) is 0 Å². The Morgan fingerprint density at radius 3 is 2.70 bits per heavy atom. The summed E-state index contributed by atoms with van der Waals surface area (Å²) in [6.45, 7) is 1.99. The fraction of sp³-hybridized carbons (Fsp3) is 0.375. The Morgan fingerprint density at radius 2 is 2.00 bits per heavy atom. The normalized spacial score (nSPS) is 27.2. The summed E-state index contributed by atoms with van der Waals surface area (Å²) in [7, 11) is 0. The molecule has 23 heavy (non-hydrogen) atoms. The zero-order valence-electron chi connectivity index (χ0n) is 12.6. The van der Waals surface area contributed by atoms with Crippen molar-refractivity contribution < 1.29 is 14.6 Å². The Bertz CT molecular complexity index is 770. The lowest BCUT2D eigenvalue weighted by Gasteiger charge is -2.22. The fourth-order valence-corrected chi connectivity index (χ4v) is 2.61. The Morgan fingerprint density at radius 1 is 1.26 bits per heavy atom. The van der Waals surface area contributed by atoms with Crippen LogP contribution < -0.4 is 11.2 Å². The molecule has 122 valence electrons. The number of hydrogen-bond donors (Lipinski definition) is 2. The summed E-state index contributed by atoms with van der Waals surface area (Å²) >= 11 is 0. The number of ether oxygens (including phenoxy) is 2. The van der Waals surface area contributed by atoms with Crippen molar-refractivity contribution in [1.29, 1.82) is 0 Å². The topological polar surface area (TPSA) is 93.6 Å². The standard InChI is InChI=1S/C16H18N2O5/c1-10-13(20)14(22-9-11-5-3-2-4-6-11)15(23-10)18-8-7-12(19)17-16(18)21/h2-8,10,13-15,20H,9H2,1H3,(H,17,19,21)/t10-,13-,14-,15-/m1/s1. The fourth-order valence-electron chi connectivity index (χ4n) is 2.61. The molecule has 0 amide bonds. The van der Waals surface area contributed by atoms with Gasteiger partial charge in [-0.3, -0.25) is 14.3 Å². The molecule has 7 nitrogen and oxygen atoms in total. The predicted molar refractivity (Wildman–Crippen MR) is 81.9 cm³/mol. The van der Waals surface area contributed by atoms with Crippen LogP contribution in [0.25, 0.3) is 0 Å². The van der Waals surface area contributed by atoms with E-state index >= 15 is 0 Å². The van der Waals surface area contributed by atoms with Gasteiger partial charge in [0.05, 0.1) is 12.7 Å². The number of benzene rings is 1. The molecule has 7 heteroatoms. The lowest BCUT2D eigenvalue weighted by molar-refractivity contribution is -0.0762. The minimum absolute atomic E-state index is 0.285. The van der Waals surface area contributed by atoms with Crippen molar-refractivity contribution in [2.45, 2.75) is 38.1 Å². The quantitative estimate of drug-likeness (QED) is 0.851. The van der Waals surface area contributed by atoms with Crippen LogP contribution in [0.5, 0.6) is 0 Å². The van der Waals surface area contributed by atoms with E-state index in [-0.39, 0.29) is 6.61 Å². The van der Waals surface area contributed by atoms with Crippen LogP contribution in [0.1, 0.15) is 18.7 Å². The monoisotopic (exact) mass is 318 g/mol. The van der Waals surface area contributed by atoms with Gasteiger partial charge < -0.3 is 14.6 Å². The zero-order chi connectivity index (χ0) is 16.4. The number of H-pyrrole nitrogens is 1. The van der Waals surface area contributed by atoms with Gasteiger partial charge in [-0.25, -0.2) is 4.79 Å². The first-order valence-corrected chi connectivity index (χ1v) is 7.37. The van der Waals surface area contributed by atoms with Gasteiger partial charge >= 0.3 is 5.69 Å². The molecule has 2 heterocycles. The Hall–Kier alpha value is -2.22. The third kappa shape index (κ3) is 3.26. The van der Waals surface area contributed by atoms with E-state index in [9.17, 15) is 14.7 Å². The van der Waals surface area contributed by atoms with E-state index in [2.05, 4.69) is 4.98 Å². The van der Waals surface area contributed by atoms with Crippen molar-refractivity contribution in [3.63, 3.8) is 0 Å². The van der Waals surface area contributed by atoms with Gasteiger partial charge in [0.15, 0.2) is 6.23 Å². The van der Waals surface area contributed by atoms with Gasteiger partial charge in [0.2, 0.25) is 0 Å². The highest BCUT2D eigenvalue weighted by atomic mass is 16.6. The average Bonchev–Trinajstić information content (AvgIpc) is 2.81. The minimum atomic E-state index is -0.873. The van der Waals surface area contributed by atoms with Gasteiger partial charge in [0.1, 0.15) is 12.2 Å². The summed E-state index contributed by atoms with van der Waals surface area (Å²) in [5.41, 5.74) is -0.136. The summed E-state index contributed by atoms with van der Waals surface area (Å²) in [6.07, 6.45) is -1.53. The second-order valence-electron chi connectivity index (χ2n) is 5.50. The van der Waals surface area contributed by atoms with Gasteiger partial charge in [0.25, 0.3) is 5.56 Å². The lowest BCUT2D eigenvalue weighted by atomic mass is 10.1. The molecule has 0 radical (unpaired) electrons. The minimum Gasteiger partial charge on any atom is -0.388 e.